The third kappa shape index (κ3) is 7.01. The van der Waals surface area contributed by atoms with Gasteiger partial charge in [-0.1, -0.05) is 6.92 Å². The standard InChI is InChI=1S/C29H36FN7O4/c1-4-12-39-18-36-28(20-8-11-25(23(30)15-20)41-17-26(38)32-19(2)3)34-29(35-36)33-22-9-10-24-21(14-22)16-31-37(24)27-7-5-6-13-40-27/h8-11,14-16,19,27H,4-7,12-13,17-18H2,1-3H3,(H,32,38)(H,33,35). The monoisotopic (exact) mass is 565 g/mol. The van der Waals surface area contributed by atoms with Gasteiger partial charge in [0.15, 0.2) is 30.2 Å². The predicted octanol–water partition coefficient (Wildman–Crippen LogP) is 5.16. The molecule has 41 heavy (non-hydrogen) atoms. The van der Waals surface area contributed by atoms with Gasteiger partial charge in [-0.15, -0.1) is 5.10 Å². The van der Waals surface area contributed by atoms with Gasteiger partial charge < -0.3 is 24.8 Å². The molecule has 1 unspecified atom stereocenters. The first-order valence-electron chi connectivity index (χ1n) is 14.0. The van der Waals surface area contributed by atoms with Crippen molar-refractivity contribution in [2.75, 3.05) is 25.1 Å². The molecule has 218 valence electrons. The number of carbonyl (C=O) groups is 1. The van der Waals surface area contributed by atoms with Crippen LogP contribution in [0.5, 0.6) is 5.75 Å². The highest BCUT2D eigenvalue weighted by atomic mass is 19.1. The molecule has 0 spiro atoms. The van der Waals surface area contributed by atoms with E-state index in [9.17, 15) is 9.18 Å². The molecule has 5 rings (SSSR count). The quantitative estimate of drug-likeness (QED) is 0.226. The smallest absolute Gasteiger partial charge is 0.258 e. The van der Waals surface area contributed by atoms with Crippen LogP contribution in [0.2, 0.25) is 0 Å². The van der Waals surface area contributed by atoms with Crippen molar-refractivity contribution in [3.05, 3.63) is 48.4 Å². The van der Waals surface area contributed by atoms with Crippen LogP contribution < -0.4 is 15.4 Å². The van der Waals surface area contributed by atoms with E-state index in [-0.39, 0.29) is 37.3 Å². The second-order valence-electron chi connectivity index (χ2n) is 10.3. The summed E-state index contributed by atoms with van der Waals surface area (Å²) in [7, 11) is 0. The Kier molecular flexibility index (Phi) is 9.10. The molecule has 1 saturated heterocycles. The Morgan fingerprint density at radius 1 is 1.22 bits per heavy atom. The number of nitrogens with one attached hydrogen (secondary N) is 2. The molecule has 12 heteroatoms. The average Bonchev–Trinajstić information content (AvgIpc) is 3.56. The highest BCUT2D eigenvalue weighted by Gasteiger charge is 2.19. The van der Waals surface area contributed by atoms with Crippen molar-refractivity contribution in [2.45, 2.75) is 65.5 Å². The topological polar surface area (TPSA) is 117 Å². The SMILES string of the molecule is CCCOCn1nc(Nc2ccc3c(cnn3C3CCCCO3)c2)nc1-c1ccc(OCC(=O)NC(C)C)c(F)c1. The van der Waals surface area contributed by atoms with Crippen LogP contribution in [0.3, 0.4) is 0 Å². The lowest BCUT2D eigenvalue weighted by molar-refractivity contribution is -0.123. The molecule has 11 nitrogen and oxygen atoms in total. The zero-order chi connectivity index (χ0) is 28.8. The molecule has 1 aliphatic rings. The molecule has 1 fully saturated rings. The lowest BCUT2D eigenvalue weighted by Gasteiger charge is -2.23. The Bertz CT molecular complexity index is 1480. The van der Waals surface area contributed by atoms with Crippen LogP contribution in [0.4, 0.5) is 16.0 Å². The van der Waals surface area contributed by atoms with Crippen molar-refractivity contribution in [3.63, 3.8) is 0 Å². The van der Waals surface area contributed by atoms with Gasteiger partial charge in [0.2, 0.25) is 5.95 Å². The Hall–Kier alpha value is -4.03. The van der Waals surface area contributed by atoms with Crippen LogP contribution in [0.1, 0.15) is 52.7 Å². The van der Waals surface area contributed by atoms with Gasteiger partial charge in [-0.05, 0) is 75.9 Å². The maximum absolute atomic E-state index is 14.9. The van der Waals surface area contributed by atoms with E-state index in [4.69, 9.17) is 14.2 Å². The van der Waals surface area contributed by atoms with E-state index in [0.29, 0.717) is 23.9 Å². The number of anilines is 2. The molecule has 2 N–H and O–H groups in total. The minimum atomic E-state index is -0.609. The summed E-state index contributed by atoms with van der Waals surface area (Å²) >= 11 is 0. The largest absolute Gasteiger partial charge is 0.481 e. The van der Waals surface area contributed by atoms with Crippen molar-refractivity contribution < 1.29 is 23.4 Å². The average molecular weight is 566 g/mol. The van der Waals surface area contributed by atoms with Gasteiger partial charge >= 0.3 is 0 Å². The van der Waals surface area contributed by atoms with Gasteiger partial charge in [0.25, 0.3) is 5.91 Å². The van der Waals surface area contributed by atoms with E-state index in [1.165, 1.54) is 12.1 Å². The van der Waals surface area contributed by atoms with Crippen LogP contribution in [-0.4, -0.2) is 56.3 Å². The number of amides is 1. The van der Waals surface area contributed by atoms with Gasteiger partial charge in [0, 0.05) is 35.9 Å². The highest BCUT2D eigenvalue weighted by molar-refractivity contribution is 5.83. The van der Waals surface area contributed by atoms with Crippen LogP contribution in [-0.2, 0) is 21.0 Å². The number of nitrogens with zero attached hydrogens (tertiary/aromatic N) is 5. The minimum Gasteiger partial charge on any atom is -0.481 e. The molecule has 1 amide bonds. The second kappa shape index (κ2) is 13.1. The fourth-order valence-electron chi connectivity index (χ4n) is 4.66. The van der Waals surface area contributed by atoms with Crippen LogP contribution in [0.15, 0.2) is 42.6 Å². The van der Waals surface area contributed by atoms with Crippen molar-refractivity contribution in [2.24, 2.45) is 0 Å². The fraction of sp³-hybridized carbons (Fsp3) is 0.448. The van der Waals surface area contributed by atoms with E-state index < -0.39 is 5.82 Å². The molecular formula is C29H36FN7O4. The Morgan fingerprint density at radius 2 is 2.10 bits per heavy atom. The molecule has 0 saturated carbocycles. The second-order valence-corrected chi connectivity index (χ2v) is 10.3. The third-order valence-electron chi connectivity index (χ3n) is 6.51. The normalized spacial score (nSPS) is 15.4. The minimum absolute atomic E-state index is 0.0215. The van der Waals surface area contributed by atoms with Crippen molar-refractivity contribution in [3.8, 4) is 17.1 Å². The molecule has 0 bridgehead atoms. The van der Waals surface area contributed by atoms with Crippen molar-refractivity contribution in [1.29, 1.82) is 0 Å². The number of hydrogen-bond donors (Lipinski definition) is 2. The Morgan fingerprint density at radius 3 is 2.85 bits per heavy atom. The number of carbonyl (C=O) groups excluding carboxylic acids is 1. The van der Waals surface area contributed by atoms with E-state index in [1.807, 2.05) is 49.8 Å². The Balaban J connectivity index is 1.34. The summed E-state index contributed by atoms with van der Waals surface area (Å²) in [5.74, 6) is -0.182. The number of benzene rings is 2. The summed E-state index contributed by atoms with van der Waals surface area (Å²) in [5.41, 5.74) is 2.27. The number of aromatic nitrogens is 5. The summed E-state index contributed by atoms with van der Waals surface area (Å²) in [6.45, 7) is 6.88. The van der Waals surface area contributed by atoms with E-state index in [2.05, 4.69) is 25.8 Å². The number of halogens is 1. The summed E-state index contributed by atoms with van der Waals surface area (Å²) in [5, 5.41) is 16.1. The van der Waals surface area contributed by atoms with E-state index in [0.717, 1.165) is 48.9 Å². The predicted molar refractivity (Wildman–Crippen MR) is 152 cm³/mol. The lowest BCUT2D eigenvalue weighted by atomic mass is 10.2. The van der Waals surface area contributed by atoms with Gasteiger partial charge in [0.1, 0.15) is 6.73 Å². The van der Waals surface area contributed by atoms with Crippen LogP contribution in [0, 0.1) is 5.82 Å². The van der Waals surface area contributed by atoms with Gasteiger partial charge in [0.05, 0.1) is 11.7 Å². The zero-order valence-corrected chi connectivity index (χ0v) is 23.6. The van der Waals surface area contributed by atoms with Crippen molar-refractivity contribution >= 4 is 28.4 Å². The van der Waals surface area contributed by atoms with Crippen LogP contribution >= 0.6 is 0 Å². The summed E-state index contributed by atoms with van der Waals surface area (Å²) < 4.78 is 35.5. The van der Waals surface area contributed by atoms with Crippen molar-refractivity contribution in [1.82, 2.24) is 29.9 Å². The summed E-state index contributed by atoms with van der Waals surface area (Å²) in [6, 6.07) is 10.4. The first-order chi connectivity index (χ1) is 19.9. The first kappa shape index (κ1) is 28.5. The zero-order valence-electron chi connectivity index (χ0n) is 23.6. The Labute approximate surface area is 238 Å². The van der Waals surface area contributed by atoms with Gasteiger partial charge in [-0.3, -0.25) is 4.79 Å². The maximum atomic E-state index is 14.9. The molecule has 0 radical (unpaired) electrons. The summed E-state index contributed by atoms with van der Waals surface area (Å²) in [4.78, 5) is 16.5. The molecular weight excluding hydrogens is 529 g/mol. The fourth-order valence-corrected chi connectivity index (χ4v) is 4.66. The van der Waals surface area contributed by atoms with Gasteiger partial charge in [-0.2, -0.15) is 10.1 Å². The number of ether oxygens (including phenoxy) is 3. The van der Waals surface area contributed by atoms with Gasteiger partial charge in [-0.25, -0.2) is 13.8 Å². The maximum Gasteiger partial charge on any atom is 0.258 e. The molecule has 3 heterocycles. The van der Waals surface area contributed by atoms with Crippen LogP contribution in [0.25, 0.3) is 22.3 Å². The molecule has 4 aromatic rings. The number of rotatable bonds is 12. The molecule has 2 aromatic heterocycles. The molecule has 2 aromatic carbocycles. The lowest BCUT2D eigenvalue weighted by Crippen LogP contribution is -2.34. The molecule has 1 aliphatic heterocycles. The molecule has 0 aliphatic carbocycles. The summed E-state index contributed by atoms with van der Waals surface area (Å²) in [6.07, 6.45) is 5.78. The molecule has 1 atom stereocenters. The first-order valence-corrected chi connectivity index (χ1v) is 14.0. The number of hydrogen-bond acceptors (Lipinski definition) is 8. The van der Waals surface area contributed by atoms with E-state index >= 15 is 0 Å². The third-order valence-corrected chi connectivity index (χ3v) is 6.51. The van der Waals surface area contributed by atoms with E-state index in [1.54, 1.807) is 10.7 Å². The number of fused-ring (bicyclic) bond motifs is 1. The highest BCUT2D eigenvalue weighted by Crippen LogP contribution is 2.29.